The maximum absolute atomic E-state index is 14.4. The van der Waals surface area contributed by atoms with Crippen LogP contribution >= 0.6 is 35.0 Å². The van der Waals surface area contributed by atoms with Crippen molar-refractivity contribution in [2.75, 3.05) is 33.7 Å². The minimum Gasteiger partial charge on any atom is -0.339 e. The van der Waals surface area contributed by atoms with Crippen molar-refractivity contribution in [3.63, 3.8) is 0 Å². The second-order valence-corrected chi connectivity index (χ2v) is 14.5. The fourth-order valence-corrected chi connectivity index (χ4v) is 8.65. The standard InChI is InChI=1S/C33H39Cl2N5O2S/c1-20(2)27-28(31(42)39-17-6-7-26(39)30(41)38-18-16-25(19-38)37(4)5)43-32-36-33(3,22-10-14-24(35)15-11-22)29(40(27)32)21-8-12-23(34)13-9-21/h8-15,20,25-26,29H,6-7,16-19H2,1-5H3. The van der Waals surface area contributed by atoms with Crippen molar-refractivity contribution in [1.29, 1.82) is 0 Å². The van der Waals surface area contributed by atoms with Crippen LogP contribution in [0.4, 0.5) is 0 Å². The average Bonchev–Trinajstić information content (AvgIpc) is 3.76. The van der Waals surface area contributed by atoms with Gasteiger partial charge in [0.05, 0.1) is 6.04 Å². The molecule has 4 aliphatic heterocycles. The molecule has 6 rings (SSSR count). The highest BCUT2D eigenvalue weighted by atomic mass is 35.5. The Morgan fingerprint density at radius 1 is 1.00 bits per heavy atom. The lowest BCUT2D eigenvalue weighted by Gasteiger charge is -2.37. The summed E-state index contributed by atoms with van der Waals surface area (Å²) in [6.45, 7) is 8.45. The molecule has 10 heteroatoms. The molecule has 4 unspecified atom stereocenters. The highest BCUT2D eigenvalue weighted by molar-refractivity contribution is 8.18. The number of amides is 2. The van der Waals surface area contributed by atoms with Crippen LogP contribution in [0.1, 0.15) is 57.2 Å². The molecule has 4 heterocycles. The lowest BCUT2D eigenvalue weighted by Crippen LogP contribution is -2.48. The average molecular weight is 641 g/mol. The molecular weight excluding hydrogens is 601 g/mol. The number of thioether (sulfide) groups is 1. The van der Waals surface area contributed by atoms with Crippen molar-refractivity contribution in [3.8, 4) is 0 Å². The summed E-state index contributed by atoms with van der Waals surface area (Å²) in [6.07, 6.45) is 2.50. The molecule has 0 radical (unpaired) electrons. The summed E-state index contributed by atoms with van der Waals surface area (Å²) in [5, 5.41) is 2.15. The quantitative estimate of drug-likeness (QED) is 0.367. The maximum atomic E-state index is 14.4. The van der Waals surface area contributed by atoms with Gasteiger partial charge in [-0.3, -0.25) is 9.59 Å². The first-order valence-electron chi connectivity index (χ1n) is 15.1. The first-order valence-corrected chi connectivity index (χ1v) is 16.7. The number of hydrogen-bond acceptors (Lipinski definition) is 6. The Balaban J connectivity index is 1.36. The van der Waals surface area contributed by atoms with Gasteiger partial charge >= 0.3 is 0 Å². The predicted octanol–water partition coefficient (Wildman–Crippen LogP) is 6.39. The molecule has 4 atom stereocenters. The zero-order valence-corrected chi connectivity index (χ0v) is 27.7. The van der Waals surface area contributed by atoms with E-state index >= 15 is 0 Å². The van der Waals surface area contributed by atoms with Crippen molar-refractivity contribution in [2.24, 2.45) is 10.9 Å². The Kier molecular flexibility index (Phi) is 8.35. The van der Waals surface area contributed by atoms with Crippen LogP contribution in [-0.4, -0.2) is 82.4 Å². The number of likely N-dealkylation sites (tertiary alicyclic amines) is 2. The third kappa shape index (κ3) is 5.39. The van der Waals surface area contributed by atoms with Gasteiger partial charge in [-0.1, -0.05) is 61.3 Å². The largest absolute Gasteiger partial charge is 0.339 e. The van der Waals surface area contributed by atoms with Crippen molar-refractivity contribution in [2.45, 2.75) is 63.7 Å². The molecule has 2 amide bonds. The summed E-state index contributed by atoms with van der Waals surface area (Å²) >= 11 is 14.0. The fraction of sp³-hybridized carbons (Fsp3) is 0.485. The van der Waals surface area contributed by atoms with Gasteiger partial charge in [0.2, 0.25) is 5.91 Å². The van der Waals surface area contributed by atoms with E-state index in [2.05, 4.69) is 44.7 Å². The van der Waals surface area contributed by atoms with E-state index in [-0.39, 0.29) is 23.8 Å². The molecule has 2 saturated heterocycles. The lowest BCUT2D eigenvalue weighted by molar-refractivity contribution is -0.141. The van der Waals surface area contributed by atoms with E-state index in [0.29, 0.717) is 34.0 Å². The Hall–Kier alpha value is -2.52. The minimum atomic E-state index is -0.625. The van der Waals surface area contributed by atoms with E-state index in [1.165, 1.54) is 11.8 Å². The van der Waals surface area contributed by atoms with Crippen LogP contribution in [0.5, 0.6) is 0 Å². The van der Waals surface area contributed by atoms with Gasteiger partial charge in [-0.2, -0.15) is 0 Å². The van der Waals surface area contributed by atoms with Gasteiger partial charge in [-0.25, -0.2) is 4.99 Å². The third-order valence-electron chi connectivity index (χ3n) is 9.37. The lowest BCUT2D eigenvalue weighted by atomic mass is 9.81. The summed E-state index contributed by atoms with van der Waals surface area (Å²) in [6, 6.07) is 15.5. The van der Waals surface area contributed by atoms with E-state index in [1.807, 2.05) is 58.3 Å². The van der Waals surface area contributed by atoms with E-state index in [1.54, 1.807) is 0 Å². The highest BCUT2D eigenvalue weighted by Gasteiger charge is 2.54. The van der Waals surface area contributed by atoms with Crippen LogP contribution < -0.4 is 0 Å². The zero-order chi connectivity index (χ0) is 30.6. The smallest absolute Gasteiger partial charge is 0.263 e. The topological polar surface area (TPSA) is 59.5 Å². The van der Waals surface area contributed by atoms with Crippen LogP contribution in [0, 0.1) is 5.92 Å². The van der Waals surface area contributed by atoms with Crippen LogP contribution in [0.25, 0.3) is 0 Å². The Morgan fingerprint density at radius 2 is 1.65 bits per heavy atom. The third-order valence-corrected chi connectivity index (χ3v) is 10.9. The summed E-state index contributed by atoms with van der Waals surface area (Å²) in [5.41, 5.74) is 2.44. The van der Waals surface area contributed by atoms with Crippen molar-refractivity contribution in [1.82, 2.24) is 19.6 Å². The normalized spacial score (nSPS) is 27.1. The summed E-state index contributed by atoms with van der Waals surface area (Å²) in [7, 11) is 4.12. The van der Waals surface area contributed by atoms with E-state index in [0.717, 1.165) is 47.9 Å². The molecule has 0 N–H and O–H groups in total. The number of benzene rings is 2. The van der Waals surface area contributed by atoms with Crippen LogP contribution in [0.2, 0.25) is 10.0 Å². The monoisotopic (exact) mass is 639 g/mol. The van der Waals surface area contributed by atoms with Crippen molar-refractivity contribution < 1.29 is 9.59 Å². The number of amidine groups is 1. The molecule has 43 heavy (non-hydrogen) atoms. The maximum Gasteiger partial charge on any atom is 0.263 e. The number of halogens is 2. The molecular formula is C33H39Cl2N5O2S. The molecule has 2 fully saturated rings. The van der Waals surface area contributed by atoms with Gasteiger partial charge in [-0.15, -0.1) is 0 Å². The number of aliphatic imine (C=N–C) groups is 1. The summed E-state index contributed by atoms with van der Waals surface area (Å²) < 4.78 is 0. The van der Waals surface area contributed by atoms with E-state index < -0.39 is 11.6 Å². The molecule has 2 aromatic rings. The number of fused-ring (bicyclic) bond motifs is 1. The summed E-state index contributed by atoms with van der Waals surface area (Å²) in [4.78, 5) is 42.4. The first kappa shape index (κ1) is 30.5. The number of hydrogen-bond donors (Lipinski definition) is 0. The van der Waals surface area contributed by atoms with Gasteiger partial charge in [0.25, 0.3) is 5.91 Å². The minimum absolute atomic E-state index is 0.0534. The Bertz CT molecular complexity index is 1480. The van der Waals surface area contributed by atoms with Gasteiger partial charge in [0, 0.05) is 41.4 Å². The fourth-order valence-electron chi connectivity index (χ4n) is 7.04. The Morgan fingerprint density at radius 3 is 2.26 bits per heavy atom. The molecule has 0 aliphatic carbocycles. The number of carbonyl (C=O) groups excluding carboxylic acids is 2. The predicted molar refractivity (Wildman–Crippen MR) is 175 cm³/mol. The molecule has 0 spiro atoms. The zero-order valence-electron chi connectivity index (χ0n) is 25.4. The van der Waals surface area contributed by atoms with E-state index in [4.69, 9.17) is 28.2 Å². The molecule has 228 valence electrons. The van der Waals surface area contributed by atoms with Gasteiger partial charge in [0.1, 0.15) is 16.5 Å². The molecule has 0 aromatic heterocycles. The van der Waals surface area contributed by atoms with Gasteiger partial charge in [-0.05, 0) is 93.4 Å². The second-order valence-electron chi connectivity index (χ2n) is 12.7. The summed E-state index contributed by atoms with van der Waals surface area (Å²) in [5.74, 6) is 0.0721. The highest BCUT2D eigenvalue weighted by Crippen LogP contribution is 2.56. The number of nitrogens with zero attached hydrogens (tertiary/aromatic N) is 5. The molecule has 2 aromatic carbocycles. The molecule has 4 aliphatic rings. The second kappa shape index (κ2) is 11.8. The number of rotatable bonds is 6. The number of likely N-dealkylation sites (N-methyl/N-ethyl adjacent to an activating group) is 1. The van der Waals surface area contributed by atoms with Crippen molar-refractivity contribution >= 4 is 51.9 Å². The van der Waals surface area contributed by atoms with Crippen molar-refractivity contribution in [3.05, 3.63) is 80.3 Å². The molecule has 0 saturated carbocycles. The van der Waals surface area contributed by atoms with Crippen LogP contribution in [-0.2, 0) is 15.1 Å². The first-order chi connectivity index (χ1) is 20.5. The molecule has 7 nitrogen and oxygen atoms in total. The van der Waals surface area contributed by atoms with Crippen LogP contribution in [0.15, 0.2) is 64.1 Å². The number of allylic oxidation sites excluding steroid dienone is 1. The van der Waals surface area contributed by atoms with E-state index in [9.17, 15) is 9.59 Å². The van der Waals surface area contributed by atoms with Crippen LogP contribution in [0.3, 0.4) is 0 Å². The van der Waals surface area contributed by atoms with Gasteiger partial charge < -0.3 is 19.6 Å². The number of carbonyl (C=O) groups is 2. The molecule has 0 bridgehead atoms. The SMILES string of the molecule is CC(C)C1=C(C(=O)N2CCCC2C(=O)N2CCC(N(C)C)C2)SC2=NC(C)(c3ccc(Cl)cc3)C(c3ccc(Cl)cc3)N21. The van der Waals surface area contributed by atoms with Gasteiger partial charge in [0.15, 0.2) is 5.17 Å². The Labute approximate surface area is 268 Å².